The Morgan fingerprint density at radius 3 is 2.78 bits per heavy atom. The molecule has 0 radical (unpaired) electrons. The number of hydrogen-bond acceptors (Lipinski definition) is 6. The van der Waals surface area contributed by atoms with Gasteiger partial charge in [0.15, 0.2) is 5.69 Å². The van der Waals surface area contributed by atoms with Crippen molar-refractivity contribution in [2.24, 2.45) is 0 Å². The molecule has 2 aromatic heterocycles. The summed E-state index contributed by atoms with van der Waals surface area (Å²) in [6.45, 7) is 4.87. The first-order valence-corrected chi connectivity index (χ1v) is 9.96. The van der Waals surface area contributed by atoms with Gasteiger partial charge in [0, 0.05) is 50.5 Å². The second-order valence-electron chi connectivity index (χ2n) is 6.67. The molecule has 3 heterocycles. The van der Waals surface area contributed by atoms with Crippen molar-refractivity contribution in [2.45, 2.75) is 19.5 Å². The number of benzene rings is 1. The maximum atomic E-state index is 12.5. The van der Waals surface area contributed by atoms with Crippen LogP contribution in [0.15, 0.2) is 48.1 Å². The van der Waals surface area contributed by atoms with Crippen molar-refractivity contribution in [2.75, 3.05) is 26.2 Å². The van der Waals surface area contributed by atoms with E-state index in [4.69, 9.17) is 0 Å². The summed E-state index contributed by atoms with van der Waals surface area (Å²) in [4.78, 5) is 21.3. The van der Waals surface area contributed by atoms with Crippen molar-refractivity contribution >= 4 is 17.4 Å². The topological polar surface area (TPSA) is 67.2 Å². The van der Waals surface area contributed by atoms with Gasteiger partial charge in [0.05, 0.1) is 6.54 Å². The van der Waals surface area contributed by atoms with Crippen LogP contribution in [-0.4, -0.2) is 61.0 Å². The molecular formula is C19H22N6OS. The lowest BCUT2D eigenvalue weighted by molar-refractivity contribution is 0.0755. The van der Waals surface area contributed by atoms with Crippen LogP contribution in [0.3, 0.4) is 0 Å². The summed E-state index contributed by atoms with van der Waals surface area (Å²) in [7, 11) is 0. The molecule has 0 saturated carbocycles. The first kappa shape index (κ1) is 17.8. The molecule has 0 spiro atoms. The van der Waals surface area contributed by atoms with Gasteiger partial charge in [0.25, 0.3) is 5.91 Å². The highest BCUT2D eigenvalue weighted by atomic mass is 32.1. The average Bonchev–Trinajstić information content (AvgIpc) is 3.31. The van der Waals surface area contributed by atoms with Crippen LogP contribution in [0.4, 0.5) is 0 Å². The number of nitrogens with zero attached hydrogens (tertiary/aromatic N) is 6. The van der Waals surface area contributed by atoms with Crippen molar-refractivity contribution in [3.63, 3.8) is 0 Å². The fourth-order valence-corrected chi connectivity index (χ4v) is 3.80. The Balaban J connectivity index is 1.37. The highest BCUT2D eigenvalue weighted by Gasteiger charge is 2.22. The van der Waals surface area contributed by atoms with Crippen LogP contribution >= 0.6 is 11.5 Å². The number of imidazole rings is 1. The van der Waals surface area contributed by atoms with Crippen LogP contribution in [0, 0.1) is 0 Å². The normalized spacial score (nSPS) is 15.6. The third-order valence-electron chi connectivity index (χ3n) is 4.82. The smallest absolute Gasteiger partial charge is 0.275 e. The van der Waals surface area contributed by atoms with Crippen LogP contribution in [-0.2, 0) is 13.1 Å². The third kappa shape index (κ3) is 4.40. The van der Waals surface area contributed by atoms with Gasteiger partial charge in [0.2, 0.25) is 0 Å². The van der Waals surface area contributed by atoms with Gasteiger partial charge in [-0.3, -0.25) is 9.69 Å². The first-order valence-electron chi connectivity index (χ1n) is 9.12. The zero-order chi connectivity index (χ0) is 18.5. The second-order valence-corrected chi connectivity index (χ2v) is 7.28. The van der Waals surface area contributed by atoms with Crippen LogP contribution in [0.2, 0.25) is 0 Å². The summed E-state index contributed by atoms with van der Waals surface area (Å²) < 4.78 is 5.99. The predicted octanol–water partition coefficient (Wildman–Crippen LogP) is 2.13. The molecule has 27 heavy (non-hydrogen) atoms. The molecule has 1 amide bonds. The van der Waals surface area contributed by atoms with E-state index >= 15 is 0 Å². The van der Waals surface area contributed by atoms with Gasteiger partial charge in [0.1, 0.15) is 5.82 Å². The second kappa shape index (κ2) is 8.41. The summed E-state index contributed by atoms with van der Waals surface area (Å²) in [6.07, 6.45) is 4.84. The summed E-state index contributed by atoms with van der Waals surface area (Å²) in [5.74, 6) is 1.04. The minimum atomic E-state index is -0.0174. The Labute approximate surface area is 162 Å². The Morgan fingerprint density at radius 2 is 1.96 bits per heavy atom. The molecule has 4 rings (SSSR count). The zero-order valence-corrected chi connectivity index (χ0v) is 15.9. The molecule has 0 bridgehead atoms. The molecule has 1 fully saturated rings. The largest absolute Gasteiger partial charge is 0.336 e. The summed E-state index contributed by atoms with van der Waals surface area (Å²) in [5.41, 5.74) is 1.72. The van der Waals surface area contributed by atoms with Crippen LogP contribution in [0.1, 0.15) is 28.3 Å². The Kier molecular flexibility index (Phi) is 5.55. The van der Waals surface area contributed by atoms with Gasteiger partial charge >= 0.3 is 0 Å². The number of carbonyl (C=O) groups excluding carboxylic acids is 1. The first-order chi connectivity index (χ1) is 13.3. The van der Waals surface area contributed by atoms with Gasteiger partial charge < -0.3 is 9.47 Å². The van der Waals surface area contributed by atoms with Crippen molar-refractivity contribution < 1.29 is 4.79 Å². The standard InChI is InChI=1S/C19H22N6OS/c26-19(17-15-27-22-21-17)24-9-4-8-23(11-12-24)14-18-20-7-10-25(18)13-16-5-2-1-3-6-16/h1-3,5-7,10,15H,4,8-9,11-14H2. The van der Waals surface area contributed by atoms with E-state index in [0.717, 1.165) is 45.0 Å². The maximum absolute atomic E-state index is 12.5. The van der Waals surface area contributed by atoms with E-state index in [9.17, 15) is 4.79 Å². The van der Waals surface area contributed by atoms with E-state index in [0.29, 0.717) is 12.2 Å². The fourth-order valence-electron chi connectivity index (χ4n) is 3.37. The molecule has 3 aromatic rings. The number of amides is 1. The van der Waals surface area contributed by atoms with Gasteiger partial charge in [-0.25, -0.2) is 4.98 Å². The molecule has 1 aliphatic rings. The minimum absolute atomic E-state index is 0.0174. The van der Waals surface area contributed by atoms with Crippen LogP contribution < -0.4 is 0 Å². The molecule has 140 valence electrons. The lowest BCUT2D eigenvalue weighted by atomic mass is 10.2. The molecule has 0 aliphatic carbocycles. The van der Waals surface area contributed by atoms with Gasteiger partial charge in [-0.1, -0.05) is 34.8 Å². The fraction of sp³-hybridized carbons (Fsp3) is 0.368. The summed E-state index contributed by atoms with van der Waals surface area (Å²) in [6, 6.07) is 10.4. The Morgan fingerprint density at radius 1 is 1.07 bits per heavy atom. The maximum Gasteiger partial charge on any atom is 0.275 e. The van der Waals surface area contributed by atoms with E-state index in [1.165, 1.54) is 17.1 Å². The molecule has 1 aromatic carbocycles. The van der Waals surface area contributed by atoms with Gasteiger partial charge in [-0.15, -0.1) is 5.10 Å². The number of carbonyl (C=O) groups is 1. The van der Waals surface area contributed by atoms with Crippen LogP contribution in [0.5, 0.6) is 0 Å². The van der Waals surface area contributed by atoms with Crippen molar-refractivity contribution in [3.05, 3.63) is 65.2 Å². The molecule has 0 atom stereocenters. The molecule has 0 N–H and O–H groups in total. The van der Waals surface area contributed by atoms with E-state index in [1.54, 1.807) is 5.38 Å². The lowest BCUT2D eigenvalue weighted by Gasteiger charge is -2.21. The predicted molar refractivity (Wildman–Crippen MR) is 103 cm³/mol. The van der Waals surface area contributed by atoms with E-state index in [-0.39, 0.29) is 5.91 Å². The van der Waals surface area contributed by atoms with Crippen molar-refractivity contribution in [1.29, 1.82) is 0 Å². The molecule has 7 nitrogen and oxygen atoms in total. The third-order valence-corrected chi connectivity index (χ3v) is 5.32. The summed E-state index contributed by atoms with van der Waals surface area (Å²) >= 11 is 1.21. The Hall–Kier alpha value is -2.58. The molecule has 1 saturated heterocycles. The number of hydrogen-bond donors (Lipinski definition) is 0. The highest BCUT2D eigenvalue weighted by Crippen LogP contribution is 2.12. The van der Waals surface area contributed by atoms with Gasteiger partial charge in [-0.2, -0.15) is 0 Å². The van der Waals surface area contributed by atoms with Crippen molar-refractivity contribution in [3.8, 4) is 0 Å². The number of rotatable bonds is 5. The molecule has 0 unspecified atom stereocenters. The lowest BCUT2D eigenvalue weighted by Crippen LogP contribution is -2.35. The quantitative estimate of drug-likeness (QED) is 0.676. The van der Waals surface area contributed by atoms with Crippen molar-refractivity contribution in [1.82, 2.24) is 28.9 Å². The zero-order valence-electron chi connectivity index (χ0n) is 15.1. The van der Waals surface area contributed by atoms with E-state index < -0.39 is 0 Å². The average molecular weight is 382 g/mol. The molecular weight excluding hydrogens is 360 g/mol. The summed E-state index contributed by atoms with van der Waals surface area (Å²) in [5, 5.41) is 5.62. The van der Waals surface area contributed by atoms with E-state index in [2.05, 4.69) is 48.3 Å². The van der Waals surface area contributed by atoms with Gasteiger partial charge in [-0.05, 0) is 23.5 Å². The number of aromatic nitrogens is 4. The SMILES string of the molecule is O=C(c1csnn1)N1CCCN(Cc2nccn2Cc2ccccc2)CC1. The highest BCUT2D eigenvalue weighted by molar-refractivity contribution is 7.03. The minimum Gasteiger partial charge on any atom is -0.336 e. The van der Waals surface area contributed by atoms with Crippen LogP contribution in [0.25, 0.3) is 0 Å². The monoisotopic (exact) mass is 382 g/mol. The molecule has 1 aliphatic heterocycles. The Bertz CT molecular complexity index is 863. The molecule has 8 heteroatoms. The van der Waals surface area contributed by atoms with E-state index in [1.807, 2.05) is 23.4 Å².